The third-order valence-electron chi connectivity index (χ3n) is 3.46. The van der Waals surface area contributed by atoms with Gasteiger partial charge >= 0.3 is 0 Å². The molecule has 1 aliphatic rings. The van der Waals surface area contributed by atoms with Crippen molar-refractivity contribution in [1.82, 2.24) is 0 Å². The number of halogens is 3. The van der Waals surface area contributed by atoms with E-state index < -0.39 is 0 Å². The molecule has 0 spiro atoms. The lowest BCUT2D eigenvalue weighted by atomic mass is 9.94. The minimum absolute atomic E-state index is 0.542. The fourth-order valence-electron chi connectivity index (χ4n) is 2.52. The first-order chi connectivity index (χ1) is 8.09. The highest BCUT2D eigenvalue weighted by atomic mass is 35.5. The summed E-state index contributed by atoms with van der Waals surface area (Å²) in [6.45, 7) is 0. The number of benzene rings is 1. The maximum absolute atomic E-state index is 6.24. The van der Waals surface area contributed by atoms with Crippen LogP contribution in [0.15, 0.2) is 12.1 Å². The summed E-state index contributed by atoms with van der Waals surface area (Å²) in [5.41, 5.74) is 0.907. The molecule has 1 nitrogen and oxygen atoms in total. The molecule has 1 saturated carbocycles. The number of rotatable bonds is 2. The number of anilines is 1. The SMILES string of the molecule is CN(c1c(Cl)cc(Cl)cc1Cl)C1CCCCC1. The molecule has 0 radical (unpaired) electrons. The van der Waals surface area contributed by atoms with Crippen LogP contribution in [0.2, 0.25) is 15.1 Å². The zero-order chi connectivity index (χ0) is 12.4. The van der Waals surface area contributed by atoms with E-state index in [0.717, 1.165) is 5.69 Å². The Bertz CT molecular complexity index is 377. The van der Waals surface area contributed by atoms with Crippen molar-refractivity contribution in [3.8, 4) is 0 Å². The van der Waals surface area contributed by atoms with Gasteiger partial charge in [-0.05, 0) is 25.0 Å². The van der Waals surface area contributed by atoms with Crippen LogP contribution in [-0.4, -0.2) is 13.1 Å². The van der Waals surface area contributed by atoms with Gasteiger partial charge in [0.1, 0.15) is 0 Å². The van der Waals surface area contributed by atoms with Gasteiger partial charge in [-0.15, -0.1) is 0 Å². The molecule has 17 heavy (non-hydrogen) atoms. The third kappa shape index (κ3) is 3.01. The molecule has 2 rings (SSSR count). The Kier molecular flexibility index (Phi) is 4.46. The van der Waals surface area contributed by atoms with Gasteiger partial charge in [-0.2, -0.15) is 0 Å². The highest BCUT2D eigenvalue weighted by Crippen LogP contribution is 2.38. The molecule has 0 atom stereocenters. The summed E-state index contributed by atoms with van der Waals surface area (Å²) in [4.78, 5) is 2.21. The van der Waals surface area contributed by atoms with E-state index in [0.29, 0.717) is 21.1 Å². The van der Waals surface area contributed by atoms with Crippen LogP contribution < -0.4 is 4.90 Å². The molecular weight excluding hydrogens is 277 g/mol. The lowest BCUT2D eigenvalue weighted by Gasteiger charge is -2.34. The maximum Gasteiger partial charge on any atom is 0.0745 e. The minimum Gasteiger partial charge on any atom is -0.369 e. The molecule has 0 bridgehead atoms. The molecule has 1 aromatic rings. The van der Waals surface area contributed by atoms with Gasteiger partial charge in [0.25, 0.3) is 0 Å². The van der Waals surface area contributed by atoms with Gasteiger partial charge in [-0.3, -0.25) is 0 Å². The van der Waals surface area contributed by atoms with Crippen molar-refractivity contribution in [2.45, 2.75) is 38.1 Å². The Hall–Kier alpha value is -0.110. The molecule has 0 unspecified atom stereocenters. The molecule has 0 aliphatic heterocycles. The standard InChI is InChI=1S/C13H16Cl3N/c1-17(10-5-3-2-4-6-10)13-11(15)7-9(14)8-12(13)16/h7-8,10H,2-6H2,1H3. The number of nitrogens with zero attached hydrogens (tertiary/aromatic N) is 1. The monoisotopic (exact) mass is 291 g/mol. The molecule has 0 heterocycles. The molecule has 1 aromatic carbocycles. The Morgan fingerprint density at radius 3 is 2.06 bits per heavy atom. The predicted molar refractivity (Wildman–Crippen MR) is 76.7 cm³/mol. The van der Waals surface area contributed by atoms with E-state index in [1.54, 1.807) is 12.1 Å². The summed E-state index contributed by atoms with van der Waals surface area (Å²) in [5.74, 6) is 0. The first kappa shape index (κ1) is 13.3. The van der Waals surface area contributed by atoms with Crippen molar-refractivity contribution in [3.63, 3.8) is 0 Å². The summed E-state index contributed by atoms with van der Waals surface area (Å²) in [6.07, 6.45) is 6.35. The van der Waals surface area contributed by atoms with E-state index in [1.165, 1.54) is 32.1 Å². The molecule has 1 fully saturated rings. The molecule has 94 valence electrons. The molecule has 0 amide bonds. The van der Waals surface area contributed by atoms with Gasteiger partial charge < -0.3 is 4.90 Å². The van der Waals surface area contributed by atoms with Crippen LogP contribution in [0, 0.1) is 0 Å². The highest BCUT2D eigenvalue weighted by Gasteiger charge is 2.22. The molecular formula is C13H16Cl3N. The van der Waals surface area contributed by atoms with Gasteiger partial charge in [-0.25, -0.2) is 0 Å². The van der Waals surface area contributed by atoms with E-state index in [4.69, 9.17) is 34.8 Å². The fourth-order valence-corrected chi connectivity index (χ4v) is 3.61. The van der Waals surface area contributed by atoms with Crippen LogP contribution in [0.3, 0.4) is 0 Å². The van der Waals surface area contributed by atoms with Crippen molar-refractivity contribution < 1.29 is 0 Å². The summed E-state index contributed by atoms with van der Waals surface area (Å²) >= 11 is 18.4. The van der Waals surface area contributed by atoms with Crippen LogP contribution >= 0.6 is 34.8 Å². The van der Waals surface area contributed by atoms with E-state index >= 15 is 0 Å². The second-order valence-electron chi connectivity index (χ2n) is 4.62. The smallest absolute Gasteiger partial charge is 0.0745 e. The van der Waals surface area contributed by atoms with Gasteiger partial charge in [0.2, 0.25) is 0 Å². The quantitative estimate of drug-likeness (QED) is 0.704. The highest BCUT2D eigenvalue weighted by molar-refractivity contribution is 6.41. The Labute approximate surface area is 118 Å². The first-order valence-electron chi connectivity index (χ1n) is 5.97. The van der Waals surface area contributed by atoms with E-state index in [1.807, 2.05) is 0 Å². The zero-order valence-corrected chi connectivity index (χ0v) is 12.1. The Morgan fingerprint density at radius 2 is 1.53 bits per heavy atom. The van der Waals surface area contributed by atoms with E-state index in [-0.39, 0.29) is 0 Å². The second kappa shape index (κ2) is 5.69. The van der Waals surface area contributed by atoms with Crippen LogP contribution in [0.5, 0.6) is 0 Å². The third-order valence-corrected chi connectivity index (χ3v) is 4.25. The Balaban J connectivity index is 2.26. The minimum atomic E-state index is 0.542. The summed E-state index contributed by atoms with van der Waals surface area (Å²) in [6, 6.07) is 4.05. The number of hydrogen-bond donors (Lipinski definition) is 0. The fraction of sp³-hybridized carbons (Fsp3) is 0.538. The molecule has 0 N–H and O–H groups in total. The average molecular weight is 293 g/mol. The van der Waals surface area contributed by atoms with Crippen molar-refractivity contribution in [2.24, 2.45) is 0 Å². The first-order valence-corrected chi connectivity index (χ1v) is 7.10. The van der Waals surface area contributed by atoms with E-state index in [2.05, 4.69) is 11.9 Å². The van der Waals surface area contributed by atoms with Gasteiger partial charge in [-0.1, -0.05) is 54.1 Å². The van der Waals surface area contributed by atoms with Gasteiger partial charge in [0, 0.05) is 18.1 Å². The summed E-state index contributed by atoms with van der Waals surface area (Å²) in [5, 5.41) is 1.85. The largest absolute Gasteiger partial charge is 0.369 e. The van der Waals surface area contributed by atoms with Crippen LogP contribution in [0.4, 0.5) is 5.69 Å². The molecule has 0 saturated heterocycles. The molecule has 0 aromatic heterocycles. The normalized spacial score (nSPS) is 17.2. The zero-order valence-electron chi connectivity index (χ0n) is 9.85. The predicted octanol–water partition coefficient (Wildman–Crippen LogP) is 5.42. The maximum atomic E-state index is 6.24. The summed E-state index contributed by atoms with van der Waals surface area (Å²) in [7, 11) is 2.07. The van der Waals surface area contributed by atoms with Crippen molar-refractivity contribution in [1.29, 1.82) is 0 Å². The second-order valence-corrected chi connectivity index (χ2v) is 5.87. The van der Waals surface area contributed by atoms with Crippen LogP contribution in [-0.2, 0) is 0 Å². The van der Waals surface area contributed by atoms with Crippen molar-refractivity contribution >= 4 is 40.5 Å². The van der Waals surface area contributed by atoms with Crippen LogP contribution in [0.25, 0.3) is 0 Å². The van der Waals surface area contributed by atoms with Crippen molar-refractivity contribution in [2.75, 3.05) is 11.9 Å². The van der Waals surface area contributed by atoms with Crippen molar-refractivity contribution in [3.05, 3.63) is 27.2 Å². The van der Waals surface area contributed by atoms with Gasteiger partial charge in [0.15, 0.2) is 0 Å². The van der Waals surface area contributed by atoms with Gasteiger partial charge in [0.05, 0.1) is 15.7 Å². The average Bonchev–Trinajstić information content (AvgIpc) is 2.28. The molecule has 4 heteroatoms. The summed E-state index contributed by atoms with van der Waals surface area (Å²) < 4.78 is 0. The van der Waals surface area contributed by atoms with E-state index in [9.17, 15) is 0 Å². The Morgan fingerprint density at radius 1 is 1.00 bits per heavy atom. The lowest BCUT2D eigenvalue weighted by Crippen LogP contribution is -2.33. The van der Waals surface area contributed by atoms with Crippen LogP contribution in [0.1, 0.15) is 32.1 Å². The topological polar surface area (TPSA) is 3.24 Å². The lowest BCUT2D eigenvalue weighted by molar-refractivity contribution is 0.427. The molecule has 1 aliphatic carbocycles. The number of hydrogen-bond acceptors (Lipinski definition) is 1.